The highest BCUT2D eigenvalue weighted by atomic mass is 79.9. The standard InChI is InChI=1S/C24H29BrN2O4/c1-3-31-22-10-8-19(16-23(22)29-2)21(27-12-14-30-15-13-27)17-26-24(28)11-9-18-6-4-5-7-20(18)25/h4-11,16,21H,3,12-15,17H2,1-2H3,(H,26,28)/b11-9+. The first-order chi connectivity index (χ1) is 15.1. The zero-order chi connectivity index (χ0) is 22.1. The Hall–Kier alpha value is -2.35. The van der Waals surface area contributed by atoms with Crippen LogP contribution in [0, 0.1) is 0 Å². The Morgan fingerprint density at radius 2 is 2.00 bits per heavy atom. The van der Waals surface area contributed by atoms with Crippen LogP contribution in [0.25, 0.3) is 6.08 Å². The van der Waals surface area contributed by atoms with E-state index >= 15 is 0 Å². The van der Waals surface area contributed by atoms with Gasteiger partial charge in [0.15, 0.2) is 11.5 Å². The fraction of sp³-hybridized carbons (Fsp3) is 0.375. The maximum Gasteiger partial charge on any atom is 0.244 e. The van der Waals surface area contributed by atoms with Crippen molar-refractivity contribution in [2.45, 2.75) is 13.0 Å². The lowest BCUT2D eigenvalue weighted by Crippen LogP contribution is -2.43. The van der Waals surface area contributed by atoms with Gasteiger partial charge < -0.3 is 19.5 Å². The zero-order valence-electron chi connectivity index (χ0n) is 18.0. The maximum atomic E-state index is 12.5. The van der Waals surface area contributed by atoms with Crippen molar-refractivity contribution >= 4 is 27.9 Å². The summed E-state index contributed by atoms with van der Waals surface area (Å²) in [4.78, 5) is 14.8. The molecule has 1 amide bonds. The molecule has 166 valence electrons. The van der Waals surface area contributed by atoms with E-state index in [0.717, 1.165) is 34.4 Å². The predicted molar refractivity (Wildman–Crippen MR) is 125 cm³/mol. The number of benzene rings is 2. The van der Waals surface area contributed by atoms with Gasteiger partial charge in [0, 0.05) is 30.2 Å². The first-order valence-corrected chi connectivity index (χ1v) is 11.2. The van der Waals surface area contributed by atoms with Gasteiger partial charge in [0.1, 0.15) is 0 Å². The SMILES string of the molecule is CCOc1ccc(C(CNC(=O)/C=C/c2ccccc2Br)N2CCOCC2)cc1OC. The molecule has 7 heteroatoms. The van der Waals surface area contributed by atoms with Crippen LogP contribution in [-0.4, -0.2) is 57.4 Å². The van der Waals surface area contributed by atoms with Crippen LogP contribution < -0.4 is 14.8 Å². The third kappa shape index (κ3) is 6.56. The number of morpholine rings is 1. The highest BCUT2D eigenvalue weighted by Gasteiger charge is 2.24. The predicted octanol–water partition coefficient (Wildman–Crippen LogP) is 4.06. The summed E-state index contributed by atoms with van der Waals surface area (Å²) in [5.74, 6) is 1.28. The van der Waals surface area contributed by atoms with Crippen molar-refractivity contribution in [2.75, 3.05) is 46.6 Å². The second-order valence-electron chi connectivity index (χ2n) is 7.11. The van der Waals surface area contributed by atoms with Crippen molar-refractivity contribution in [2.24, 2.45) is 0 Å². The topological polar surface area (TPSA) is 60.0 Å². The molecule has 6 nitrogen and oxygen atoms in total. The molecule has 1 fully saturated rings. The number of hydrogen-bond donors (Lipinski definition) is 1. The van der Waals surface area contributed by atoms with E-state index in [0.29, 0.717) is 32.1 Å². The minimum Gasteiger partial charge on any atom is -0.493 e. The third-order valence-electron chi connectivity index (χ3n) is 5.15. The molecule has 1 atom stereocenters. The Morgan fingerprint density at radius 3 is 2.71 bits per heavy atom. The third-order valence-corrected chi connectivity index (χ3v) is 5.87. The van der Waals surface area contributed by atoms with Crippen molar-refractivity contribution in [1.82, 2.24) is 10.2 Å². The summed E-state index contributed by atoms with van der Waals surface area (Å²) in [6, 6.07) is 13.8. The quantitative estimate of drug-likeness (QED) is 0.539. The van der Waals surface area contributed by atoms with Gasteiger partial charge in [-0.1, -0.05) is 40.2 Å². The molecular formula is C24H29BrN2O4. The number of nitrogens with one attached hydrogen (secondary N) is 1. The molecule has 1 heterocycles. The van der Waals surface area contributed by atoms with E-state index in [9.17, 15) is 4.79 Å². The van der Waals surface area contributed by atoms with Crippen LogP contribution in [0.15, 0.2) is 53.0 Å². The summed E-state index contributed by atoms with van der Waals surface area (Å²) in [6.07, 6.45) is 3.37. The summed E-state index contributed by atoms with van der Waals surface area (Å²) in [5, 5.41) is 3.05. The van der Waals surface area contributed by atoms with E-state index in [1.807, 2.05) is 55.5 Å². The number of carbonyl (C=O) groups excluding carboxylic acids is 1. The van der Waals surface area contributed by atoms with Crippen molar-refractivity contribution in [3.63, 3.8) is 0 Å². The van der Waals surface area contributed by atoms with Gasteiger partial charge >= 0.3 is 0 Å². The van der Waals surface area contributed by atoms with E-state index in [-0.39, 0.29) is 11.9 Å². The fourth-order valence-electron chi connectivity index (χ4n) is 3.55. The molecule has 31 heavy (non-hydrogen) atoms. The minimum absolute atomic E-state index is 0.00860. The minimum atomic E-state index is -0.132. The molecule has 0 aliphatic carbocycles. The molecule has 0 radical (unpaired) electrons. The lowest BCUT2D eigenvalue weighted by atomic mass is 10.0. The number of rotatable bonds is 9. The molecule has 1 aliphatic heterocycles. The van der Waals surface area contributed by atoms with Gasteiger partial charge in [0.2, 0.25) is 5.91 Å². The molecule has 0 aromatic heterocycles. The normalized spacial score (nSPS) is 15.6. The first kappa shape index (κ1) is 23.3. The summed E-state index contributed by atoms with van der Waals surface area (Å²) in [5.41, 5.74) is 2.02. The number of nitrogens with zero attached hydrogens (tertiary/aromatic N) is 1. The largest absolute Gasteiger partial charge is 0.493 e. The summed E-state index contributed by atoms with van der Waals surface area (Å²) >= 11 is 3.50. The van der Waals surface area contributed by atoms with Crippen LogP contribution in [0.1, 0.15) is 24.1 Å². The first-order valence-electron chi connectivity index (χ1n) is 10.4. The highest BCUT2D eigenvalue weighted by Crippen LogP contribution is 2.32. The lowest BCUT2D eigenvalue weighted by molar-refractivity contribution is -0.116. The van der Waals surface area contributed by atoms with Crippen molar-refractivity contribution in [3.8, 4) is 11.5 Å². The second kappa shape index (κ2) is 11.9. The van der Waals surface area contributed by atoms with Gasteiger partial charge in [0.05, 0.1) is 33.0 Å². The molecule has 1 N–H and O–H groups in total. The summed E-state index contributed by atoms with van der Waals surface area (Å²) < 4.78 is 17.6. The smallest absolute Gasteiger partial charge is 0.244 e. The van der Waals surface area contributed by atoms with E-state index in [2.05, 4.69) is 26.1 Å². The zero-order valence-corrected chi connectivity index (χ0v) is 19.6. The van der Waals surface area contributed by atoms with E-state index in [1.54, 1.807) is 13.2 Å². The molecule has 0 saturated carbocycles. The van der Waals surface area contributed by atoms with Gasteiger partial charge in [-0.3, -0.25) is 9.69 Å². The monoisotopic (exact) mass is 488 g/mol. The number of hydrogen-bond acceptors (Lipinski definition) is 5. The number of methoxy groups -OCH3 is 1. The molecule has 0 bridgehead atoms. The molecule has 0 spiro atoms. The average Bonchev–Trinajstić information content (AvgIpc) is 2.80. The highest BCUT2D eigenvalue weighted by molar-refractivity contribution is 9.10. The van der Waals surface area contributed by atoms with E-state index in [1.165, 1.54) is 0 Å². The summed E-state index contributed by atoms with van der Waals surface area (Å²) in [7, 11) is 1.64. The van der Waals surface area contributed by atoms with Gasteiger partial charge in [0.25, 0.3) is 0 Å². The Labute approximate surface area is 192 Å². The Balaban J connectivity index is 1.73. The number of carbonyl (C=O) groups is 1. The summed E-state index contributed by atoms with van der Waals surface area (Å²) in [6.45, 7) is 5.98. The van der Waals surface area contributed by atoms with Crippen LogP contribution in [0.4, 0.5) is 0 Å². The van der Waals surface area contributed by atoms with Crippen LogP contribution in [0.3, 0.4) is 0 Å². The van der Waals surface area contributed by atoms with E-state index < -0.39 is 0 Å². The van der Waals surface area contributed by atoms with Crippen LogP contribution in [-0.2, 0) is 9.53 Å². The number of amides is 1. The molecule has 1 unspecified atom stereocenters. The maximum absolute atomic E-state index is 12.5. The van der Waals surface area contributed by atoms with Crippen LogP contribution in [0.2, 0.25) is 0 Å². The van der Waals surface area contributed by atoms with Crippen LogP contribution in [0.5, 0.6) is 11.5 Å². The van der Waals surface area contributed by atoms with Gasteiger partial charge in [-0.15, -0.1) is 0 Å². The van der Waals surface area contributed by atoms with Crippen LogP contribution >= 0.6 is 15.9 Å². The van der Waals surface area contributed by atoms with Gasteiger partial charge in [-0.25, -0.2) is 0 Å². The van der Waals surface area contributed by atoms with E-state index in [4.69, 9.17) is 14.2 Å². The number of ether oxygens (including phenoxy) is 3. The average molecular weight is 489 g/mol. The van der Waals surface area contributed by atoms with Crippen molar-refractivity contribution < 1.29 is 19.0 Å². The Morgan fingerprint density at radius 1 is 1.23 bits per heavy atom. The molecule has 2 aromatic rings. The molecular weight excluding hydrogens is 460 g/mol. The Kier molecular flexibility index (Phi) is 8.94. The van der Waals surface area contributed by atoms with Crippen molar-refractivity contribution in [3.05, 3.63) is 64.1 Å². The van der Waals surface area contributed by atoms with Crippen molar-refractivity contribution in [1.29, 1.82) is 0 Å². The lowest BCUT2D eigenvalue weighted by Gasteiger charge is -2.35. The second-order valence-corrected chi connectivity index (χ2v) is 7.96. The number of halogens is 1. The fourth-order valence-corrected chi connectivity index (χ4v) is 3.96. The van der Waals surface area contributed by atoms with Gasteiger partial charge in [-0.05, 0) is 42.3 Å². The molecule has 1 aliphatic rings. The molecule has 2 aromatic carbocycles. The molecule has 1 saturated heterocycles. The van der Waals surface area contributed by atoms with Gasteiger partial charge in [-0.2, -0.15) is 0 Å². The molecule has 3 rings (SSSR count). The Bertz CT molecular complexity index is 897.